The molecule has 3 rings (SSSR count). The molecule has 0 saturated heterocycles. The average Bonchev–Trinajstić information content (AvgIpc) is 2.68. The van der Waals surface area contributed by atoms with Crippen molar-refractivity contribution in [1.29, 1.82) is 0 Å². The first kappa shape index (κ1) is 12.2. The number of carbonyl (C=O) groups is 1. The van der Waals surface area contributed by atoms with Gasteiger partial charge in [-0.25, -0.2) is 4.39 Å². The molecule has 98 valence electrons. The summed E-state index contributed by atoms with van der Waals surface area (Å²) in [4.78, 5) is 11.9. The van der Waals surface area contributed by atoms with E-state index in [1.54, 1.807) is 6.07 Å². The minimum Gasteiger partial charge on any atom is -0.317 e. The molecular formula is C16H16FNO. The highest BCUT2D eigenvalue weighted by molar-refractivity contribution is 5.98. The van der Waals surface area contributed by atoms with Crippen LogP contribution in [-0.2, 0) is 6.42 Å². The zero-order valence-corrected chi connectivity index (χ0v) is 11.2. The molecule has 0 fully saturated rings. The van der Waals surface area contributed by atoms with E-state index in [9.17, 15) is 9.18 Å². The third-order valence-corrected chi connectivity index (χ3v) is 3.80. The van der Waals surface area contributed by atoms with Crippen molar-refractivity contribution in [1.82, 2.24) is 4.57 Å². The van der Waals surface area contributed by atoms with Crippen LogP contribution < -0.4 is 0 Å². The van der Waals surface area contributed by atoms with Crippen LogP contribution in [0.15, 0.2) is 24.3 Å². The molecule has 1 aliphatic rings. The van der Waals surface area contributed by atoms with Crippen LogP contribution in [0.25, 0.3) is 5.69 Å². The Bertz CT molecular complexity index is 670. The first-order valence-electron chi connectivity index (χ1n) is 6.59. The standard InChI is InChI=1S/C16H16FNO/c1-10-8-12(17)6-7-14(10)18-11(2)9-13-15(18)4-3-5-16(13)19/h6-9H,3-5H2,1-2H3. The maximum absolute atomic E-state index is 13.2. The van der Waals surface area contributed by atoms with Crippen molar-refractivity contribution >= 4 is 5.78 Å². The predicted molar refractivity (Wildman–Crippen MR) is 72.5 cm³/mol. The van der Waals surface area contributed by atoms with Crippen LogP contribution in [-0.4, -0.2) is 10.4 Å². The SMILES string of the molecule is Cc1cc(F)ccc1-n1c(C)cc2c1CCCC2=O. The second kappa shape index (κ2) is 4.34. The lowest BCUT2D eigenvalue weighted by Crippen LogP contribution is -2.13. The van der Waals surface area contributed by atoms with Gasteiger partial charge in [-0.1, -0.05) is 0 Å². The summed E-state index contributed by atoms with van der Waals surface area (Å²) >= 11 is 0. The van der Waals surface area contributed by atoms with E-state index < -0.39 is 0 Å². The molecule has 2 aromatic rings. The summed E-state index contributed by atoms with van der Waals surface area (Å²) in [5, 5.41) is 0. The van der Waals surface area contributed by atoms with Gasteiger partial charge in [0.25, 0.3) is 0 Å². The third-order valence-electron chi connectivity index (χ3n) is 3.80. The number of carbonyl (C=O) groups excluding carboxylic acids is 1. The molecule has 0 bridgehead atoms. The third kappa shape index (κ3) is 1.89. The lowest BCUT2D eigenvalue weighted by Gasteiger charge is -2.17. The Kier molecular flexibility index (Phi) is 2.77. The topological polar surface area (TPSA) is 22.0 Å². The summed E-state index contributed by atoms with van der Waals surface area (Å²) in [5.41, 5.74) is 4.81. The zero-order valence-electron chi connectivity index (χ0n) is 11.2. The Morgan fingerprint density at radius 1 is 1.16 bits per heavy atom. The Morgan fingerprint density at radius 3 is 2.68 bits per heavy atom. The smallest absolute Gasteiger partial charge is 0.164 e. The quantitative estimate of drug-likeness (QED) is 0.762. The second-order valence-corrected chi connectivity index (χ2v) is 5.19. The lowest BCUT2D eigenvalue weighted by atomic mass is 9.96. The van der Waals surface area contributed by atoms with Crippen molar-refractivity contribution in [2.24, 2.45) is 0 Å². The number of hydrogen-bond acceptors (Lipinski definition) is 1. The molecule has 2 nitrogen and oxygen atoms in total. The highest BCUT2D eigenvalue weighted by Crippen LogP contribution is 2.29. The fourth-order valence-electron chi connectivity index (χ4n) is 2.93. The number of aromatic nitrogens is 1. The van der Waals surface area contributed by atoms with Gasteiger partial charge in [-0.15, -0.1) is 0 Å². The van der Waals surface area contributed by atoms with Crippen molar-refractivity contribution < 1.29 is 9.18 Å². The van der Waals surface area contributed by atoms with E-state index in [2.05, 4.69) is 4.57 Å². The lowest BCUT2D eigenvalue weighted by molar-refractivity contribution is 0.0972. The molecule has 0 N–H and O–H groups in total. The first-order chi connectivity index (χ1) is 9.08. The number of halogens is 1. The fraction of sp³-hybridized carbons (Fsp3) is 0.312. The van der Waals surface area contributed by atoms with Gasteiger partial charge in [0.15, 0.2) is 5.78 Å². The summed E-state index contributed by atoms with van der Waals surface area (Å²) in [6, 6.07) is 6.75. The number of hydrogen-bond donors (Lipinski definition) is 0. The molecule has 0 radical (unpaired) electrons. The maximum Gasteiger partial charge on any atom is 0.164 e. The van der Waals surface area contributed by atoms with Gasteiger partial charge in [0.1, 0.15) is 5.82 Å². The van der Waals surface area contributed by atoms with Gasteiger partial charge < -0.3 is 4.57 Å². The summed E-state index contributed by atoms with van der Waals surface area (Å²) < 4.78 is 15.3. The Balaban J connectivity index is 2.23. The molecule has 1 aromatic heterocycles. The van der Waals surface area contributed by atoms with Crippen molar-refractivity contribution in [2.45, 2.75) is 33.1 Å². The molecule has 0 aliphatic heterocycles. The Labute approximate surface area is 111 Å². The van der Waals surface area contributed by atoms with Crippen LogP contribution >= 0.6 is 0 Å². The van der Waals surface area contributed by atoms with Crippen molar-refractivity contribution in [3.63, 3.8) is 0 Å². The van der Waals surface area contributed by atoms with Gasteiger partial charge in [-0.3, -0.25) is 4.79 Å². The summed E-state index contributed by atoms with van der Waals surface area (Å²) in [6.07, 6.45) is 2.44. The van der Waals surface area contributed by atoms with E-state index in [1.807, 2.05) is 19.9 Å². The normalized spacial score (nSPS) is 14.6. The van der Waals surface area contributed by atoms with Crippen LogP contribution in [0, 0.1) is 19.7 Å². The minimum atomic E-state index is -0.226. The van der Waals surface area contributed by atoms with Crippen LogP contribution in [0.1, 0.15) is 40.2 Å². The van der Waals surface area contributed by atoms with E-state index in [1.165, 1.54) is 12.1 Å². The number of rotatable bonds is 1. The summed E-state index contributed by atoms with van der Waals surface area (Å²) in [6.45, 7) is 3.89. The van der Waals surface area contributed by atoms with Crippen LogP contribution in [0.2, 0.25) is 0 Å². The molecule has 1 heterocycles. The Hall–Kier alpha value is -1.90. The Morgan fingerprint density at radius 2 is 1.95 bits per heavy atom. The second-order valence-electron chi connectivity index (χ2n) is 5.19. The molecule has 0 saturated carbocycles. The summed E-state index contributed by atoms with van der Waals surface area (Å²) in [5.74, 6) is -0.00105. The highest BCUT2D eigenvalue weighted by Gasteiger charge is 2.23. The zero-order chi connectivity index (χ0) is 13.6. The number of Topliss-reactive ketones (excluding diaryl/α,β-unsaturated/α-hetero) is 1. The minimum absolute atomic E-state index is 0.225. The molecule has 0 unspecified atom stereocenters. The van der Waals surface area contributed by atoms with Gasteiger partial charge in [0.2, 0.25) is 0 Å². The first-order valence-corrected chi connectivity index (χ1v) is 6.59. The van der Waals surface area contributed by atoms with Gasteiger partial charge in [-0.2, -0.15) is 0 Å². The monoisotopic (exact) mass is 257 g/mol. The van der Waals surface area contributed by atoms with E-state index in [4.69, 9.17) is 0 Å². The number of aryl methyl sites for hydroxylation is 2. The van der Waals surface area contributed by atoms with E-state index in [-0.39, 0.29) is 11.6 Å². The number of benzene rings is 1. The van der Waals surface area contributed by atoms with E-state index >= 15 is 0 Å². The van der Waals surface area contributed by atoms with Crippen LogP contribution in [0.3, 0.4) is 0 Å². The van der Waals surface area contributed by atoms with E-state index in [0.717, 1.165) is 41.0 Å². The predicted octanol–water partition coefficient (Wildman–Crippen LogP) is 3.75. The van der Waals surface area contributed by atoms with Gasteiger partial charge in [0, 0.05) is 29.1 Å². The van der Waals surface area contributed by atoms with Crippen molar-refractivity contribution in [3.05, 3.63) is 52.6 Å². The van der Waals surface area contributed by atoms with Crippen LogP contribution in [0.5, 0.6) is 0 Å². The maximum atomic E-state index is 13.2. The van der Waals surface area contributed by atoms with E-state index in [0.29, 0.717) is 6.42 Å². The molecule has 19 heavy (non-hydrogen) atoms. The van der Waals surface area contributed by atoms with Gasteiger partial charge in [-0.05, 0) is 56.5 Å². The number of nitrogens with zero attached hydrogens (tertiary/aromatic N) is 1. The van der Waals surface area contributed by atoms with Gasteiger partial charge >= 0.3 is 0 Å². The molecule has 3 heteroatoms. The van der Waals surface area contributed by atoms with Gasteiger partial charge in [0.05, 0.1) is 0 Å². The molecule has 1 aliphatic carbocycles. The van der Waals surface area contributed by atoms with Crippen LogP contribution in [0.4, 0.5) is 4.39 Å². The molecule has 0 amide bonds. The number of fused-ring (bicyclic) bond motifs is 1. The molecule has 0 spiro atoms. The van der Waals surface area contributed by atoms with Crippen molar-refractivity contribution in [3.8, 4) is 5.69 Å². The fourth-order valence-corrected chi connectivity index (χ4v) is 2.93. The molecular weight excluding hydrogens is 241 g/mol. The highest BCUT2D eigenvalue weighted by atomic mass is 19.1. The largest absolute Gasteiger partial charge is 0.317 e. The number of ketones is 1. The molecule has 1 aromatic carbocycles. The van der Waals surface area contributed by atoms with Crippen molar-refractivity contribution in [2.75, 3.05) is 0 Å². The molecule has 0 atom stereocenters. The summed E-state index contributed by atoms with van der Waals surface area (Å²) in [7, 11) is 0. The average molecular weight is 257 g/mol.